The van der Waals surface area contributed by atoms with Crippen molar-refractivity contribution in [2.24, 2.45) is 5.10 Å². The normalized spacial score (nSPS) is 10.6. The first kappa shape index (κ1) is 27.7. The van der Waals surface area contributed by atoms with E-state index in [2.05, 4.69) is 10.5 Å². The quantitative estimate of drug-likeness (QED) is 0.116. The number of hydrazone groups is 1. The molecule has 4 rings (SSSR count). The van der Waals surface area contributed by atoms with E-state index in [4.69, 9.17) is 23.7 Å². The summed E-state index contributed by atoms with van der Waals surface area (Å²) < 4.78 is 27.2. The van der Waals surface area contributed by atoms with E-state index in [0.717, 1.165) is 5.56 Å². The summed E-state index contributed by atoms with van der Waals surface area (Å²) >= 11 is 0. The third-order valence-electron chi connectivity index (χ3n) is 5.56. The molecule has 0 atom stereocenters. The van der Waals surface area contributed by atoms with Crippen LogP contribution in [0.1, 0.15) is 21.5 Å². The van der Waals surface area contributed by atoms with E-state index in [9.17, 15) is 9.59 Å². The lowest BCUT2D eigenvalue weighted by Gasteiger charge is -2.10. The first-order chi connectivity index (χ1) is 19.5. The molecule has 0 spiro atoms. The molecule has 9 nitrogen and oxygen atoms in total. The van der Waals surface area contributed by atoms with E-state index in [0.29, 0.717) is 40.7 Å². The number of carbonyl (C=O) groups is 2. The molecule has 0 aromatic heterocycles. The molecular weight excluding hydrogens is 512 g/mol. The van der Waals surface area contributed by atoms with Crippen molar-refractivity contribution >= 4 is 18.1 Å². The zero-order chi connectivity index (χ0) is 28.2. The Morgan fingerprint density at radius 1 is 0.750 bits per heavy atom. The molecule has 0 bridgehead atoms. The fraction of sp³-hybridized carbons (Fsp3) is 0.129. The van der Waals surface area contributed by atoms with Gasteiger partial charge in [0.1, 0.15) is 23.9 Å². The predicted molar refractivity (Wildman–Crippen MR) is 149 cm³/mol. The fourth-order valence-electron chi connectivity index (χ4n) is 3.47. The second-order valence-corrected chi connectivity index (χ2v) is 8.36. The molecule has 0 fully saturated rings. The van der Waals surface area contributed by atoms with Crippen molar-refractivity contribution in [3.8, 4) is 28.7 Å². The maximum atomic E-state index is 12.5. The summed E-state index contributed by atoms with van der Waals surface area (Å²) in [6, 6.07) is 28.3. The maximum Gasteiger partial charge on any atom is 0.343 e. The Bertz CT molecular complexity index is 1440. The molecule has 0 unspecified atom stereocenters. The Morgan fingerprint density at radius 2 is 1.43 bits per heavy atom. The monoisotopic (exact) mass is 540 g/mol. The van der Waals surface area contributed by atoms with Gasteiger partial charge in [-0.3, -0.25) is 4.79 Å². The van der Waals surface area contributed by atoms with Crippen molar-refractivity contribution in [2.75, 3.05) is 20.8 Å². The smallest absolute Gasteiger partial charge is 0.343 e. The molecule has 204 valence electrons. The number of nitrogens with zero attached hydrogens (tertiary/aromatic N) is 1. The number of carbonyl (C=O) groups excluding carboxylic acids is 2. The molecular formula is C31H28N2O7. The highest BCUT2D eigenvalue weighted by molar-refractivity contribution is 5.92. The Morgan fingerprint density at radius 3 is 2.10 bits per heavy atom. The summed E-state index contributed by atoms with van der Waals surface area (Å²) in [6.45, 7) is 0.246. The first-order valence-electron chi connectivity index (χ1n) is 12.3. The van der Waals surface area contributed by atoms with Crippen LogP contribution in [0.4, 0.5) is 0 Å². The van der Waals surface area contributed by atoms with Gasteiger partial charge in [0, 0.05) is 0 Å². The van der Waals surface area contributed by atoms with Crippen molar-refractivity contribution in [3.05, 3.63) is 114 Å². The molecule has 0 aliphatic heterocycles. The summed E-state index contributed by atoms with van der Waals surface area (Å²) in [6.07, 6.45) is 1.44. The molecule has 1 amide bonds. The van der Waals surface area contributed by atoms with E-state index >= 15 is 0 Å². The molecule has 0 saturated carbocycles. The molecule has 4 aromatic rings. The standard InChI is InChI=1S/C31H28N2O7/c1-36-25-11-9-24(10-12-25)31(35)40-28-17-8-23(18-29(28)37-2)19-32-33-30(34)21-39-27-15-13-26(14-16-27)38-20-22-6-4-3-5-7-22/h3-19H,20-21H2,1-2H3,(H,33,34)/b32-19+. The van der Waals surface area contributed by atoms with Gasteiger partial charge in [-0.05, 0) is 77.9 Å². The summed E-state index contributed by atoms with van der Waals surface area (Å²) in [5.41, 5.74) is 4.47. The molecule has 40 heavy (non-hydrogen) atoms. The lowest BCUT2D eigenvalue weighted by molar-refractivity contribution is -0.123. The van der Waals surface area contributed by atoms with Crippen molar-refractivity contribution in [1.29, 1.82) is 0 Å². The minimum Gasteiger partial charge on any atom is -0.497 e. The van der Waals surface area contributed by atoms with Gasteiger partial charge in [-0.15, -0.1) is 0 Å². The SMILES string of the molecule is COc1ccc(C(=O)Oc2ccc(/C=N/NC(=O)COc3ccc(OCc4ccccc4)cc3)cc2OC)cc1. The van der Waals surface area contributed by atoms with Crippen LogP contribution < -0.4 is 29.1 Å². The minimum atomic E-state index is -0.538. The molecule has 9 heteroatoms. The minimum absolute atomic E-state index is 0.217. The number of benzene rings is 4. The number of amides is 1. The van der Waals surface area contributed by atoms with Gasteiger partial charge in [-0.25, -0.2) is 10.2 Å². The van der Waals surface area contributed by atoms with Crippen LogP contribution in [0, 0.1) is 0 Å². The van der Waals surface area contributed by atoms with E-state index in [1.165, 1.54) is 13.3 Å². The predicted octanol–water partition coefficient (Wildman–Crippen LogP) is 5.03. The number of ether oxygens (including phenoxy) is 5. The summed E-state index contributed by atoms with van der Waals surface area (Å²) in [5, 5.41) is 3.95. The second-order valence-electron chi connectivity index (χ2n) is 8.36. The van der Waals surface area contributed by atoms with Crippen molar-refractivity contribution in [2.45, 2.75) is 6.61 Å². The van der Waals surface area contributed by atoms with Crippen LogP contribution in [0.2, 0.25) is 0 Å². The topological polar surface area (TPSA) is 105 Å². The van der Waals surface area contributed by atoms with Gasteiger partial charge in [0.05, 0.1) is 26.0 Å². The fourth-order valence-corrected chi connectivity index (χ4v) is 3.47. The van der Waals surface area contributed by atoms with Crippen molar-refractivity contribution < 1.29 is 33.3 Å². The Hall–Kier alpha value is -5.31. The molecule has 0 aliphatic carbocycles. The van der Waals surface area contributed by atoms with Gasteiger partial charge in [0.25, 0.3) is 5.91 Å². The largest absolute Gasteiger partial charge is 0.497 e. The van der Waals surface area contributed by atoms with Gasteiger partial charge >= 0.3 is 5.97 Å². The van der Waals surface area contributed by atoms with Gasteiger partial charge < -0.3 is 23.7 Å². The highest BCUT2D eigenvalue weighted by Gasteiger charge is 2.13. The van der Waals surface area contributed by atoms with Crippen LogP contribution in [-0.4, -0.2) is 38.9 Å². The van der Waals surface area contributed by atoms with Crippen molar-refractivity contribution in [3.63, 3.8) is 0 Å². The Balaban J connectivity index is 1.23. The van der Waals surface area contributed by atoms with E-state index < -0.39 is 11.9 Å². The van der Waals surface area contributed by atoms with E-state index in [1.54, 1.807) is 73.8 Å². The zero-order valence-corrected chi connectivity index (χ0v) is 22.0. The van der Waals surface area contributed by atoms with Gasteiger partial charge in [-0.2, -0.15) is 5.10 Å². The number of rotatable bonds is 12. The van der Waals surface area contributed by atoms with Crippen LogP contribution >= 0.6 is 0 Å². The number of hydrogen-bond acceptors (Lipinski definition) is 8. The average molecular weight is 541 g/mol. The molecule has 0 saturated heterocycles. The molecule has 4 aromatic carbocycles. The number of hydrogen-bond donors (Lipinski definition) is 1. The van der Waals surface area contributed by atoms with E-state index in [1.807, 2.05) is 30.3 Å². The maximum absolute atomic E-state index is 12.5. The number of methoxy groups -OCH3 is 2. The molecule has 0 heterocycles. The summed E-state index contributed by atoms with van der Waals surface area (Å²) in [5.74, 6) is 1.46. The van der Waals surface area contributed by atoms with Crippen molar-refractivity contribution in [1.82, 2.24) is 5.43 Å². The van der Waals surface area contributed by atoms with Crippen LogP contribution in [0.25, 0.3) is 0 Å². The third-order valence-corrected chi connectivity index (χ3v) is 5.56. The molecule has 1 N–H and O–H groups in total. The van der Waals surface area contributed by atoms with Gasteiger partial charge in [-0.1, -0.05) is 30.3 Å². The summed E-state index contributed by atoms with van der Waals surface area (Å²) in [4.78, 5) is 24.6. The van der Waals surface area contributed by atoms with Gasteiger partial charge in [0.15, 0.2) is 18.1 Å². The lowest BCUT2D eigenvalue weighted by atomic mass is 10.2. The first-order valence-corrected chi connectivity index (χ1v) is 12.3. The Labute approximate surface area is 231 Å². The highest BCUT2D eigenvalue weighted by atomic mass is 16.6. The number of nitrogens with one attached hydrogen (secondary N) is 1. The molecule has 0 aliphatic rings. The second kappa shape index (κ2) is 14.0. The van der Waals surface area contributed by atoms with Gasteiger partial charge in [0.2, 0.25) is 0 Å². The Kier molecular flexibility index (Phi) is 9.71. The average Bonchev–Trinajstić information content (AvgIpc) is 3.00. The lowest BCUT2D eigenvalue weighted by Crippen LogP contribution is -2.24. The van der Waals surface area contributed by atoms with Crippen LogP contribution in [0.3, 0.4) is 0 Å². The van der Waals surface area contributed by atoms with Crippen LogP contribution in [0.5, 0.6) is 28.7 Å². The zero-order valence-electron chi connectivity index (χ0n) is 22.0. The van der Waals surface area contributed by atoms with Crippen LogP contribution in [0.15, 0.2) is 102 Å². The van der Waals surface area contributed by atoms with E-state index in [-0.39, 0.29) is 12.4 Å². The highest BCUT2D eigenvalue weighted by Crippen LogP contribution is 2.28. The number of esters is 1. The molecule has 0 radical (unpaired) electrons. The van der Waals surface area contributed by atoms with Crippen LogP contribution in [-0.2, 0) is 11.4 Å². The third kappa shape index (κ3) is 8.09. The summed E-state index contributed by atoms with van der Waals surface area (Å²) in [7, 11) is 3.01.